The van der Waals surface area contributed by atoms with E-state index < -0.39 is 28.5 Å². The molecule has 2 amide bonds. The molecular weight excluding hydrogens is 618 g/mol. The van der Waals surface area contributed by atoms with Crippen molar-refractivity contribution >= 4 is 39.1 Å². The standard InChI is InChI=1S/C37H42ClN3O4S/c1-6-29(5)39-37(43)35(22-30-10-8-7-9-11-30)40(24-31-17-12-26(2)13-18-31)36(42)25-41(32-19-16-28(4)34(38)23-32)46(44,45)33-20-14-27(3)15-21-33/h7-21,23,29,35H,6,22,24-25H2,1-5H3,(H,39,43). The molecule has 7 nitrogen and oxygen atoms in total. The quantitative estimate of drug-likeness (QED) is 0.167. The summed E-state index contributed by atoms with van der Waals surface area (Å²) in [5.74, 6) is -0.821. The number of nitrogens with zero attached hydrogens (tertiary/aromatic N) is 2. The van der Waals surface area contributed by atoms with Gasteiger partial charge >= 0.3 is 0 Å². The highest BCUT2D eigenvalue weighted by Crippen LogP contribution is 2.29. The van der Waals surface area contributed by atoms with Crippen molar-refractivity contribution in [2.45, 2.75) is 71.0 Å². The van der Waals surface area contributed by atoms with Gasteiger partial charge < -0.3 is 10.2 Å². The third-order valence-electron chi connectivity index (χ3n) is 8.08. The summed E-state index contributed by atoms with van der Waals surface area (Å²) in [7, 11) is -4.21. The molecule has 0 spiro atoms. The number of sulfonamides is 1. The molecule has 0 saturated heterocycles. The van der Waals surface area contributed by atoms with Crippen LogP contribution in [0.5, 0.6) is 0 Å². The highest BCUT2D eigenvalue weighted by Gasteiger charge is 2.35. The first-order valence-electron chi connectivity index (χ1n) is 15.4. The van der Waals surface area contributed by atoms with Crippen molar-refractivity contribution in [1.29, 1.82) is 0 Å². The van der Waals surface area contributed by atoms with Crippen LogP contribution in [0.15, 0.2) is 102 Å². The Labute approximate surface area is 278 Å². The van der Waals surface area contributed by atoms with E-state index in [9.17, 15) is 18.0 Å². The minimum atomic E-state index is -4.21. The first-order chi connectivity index (χ1) is 21.9. The highest BCUT2D eigenvalue weighted by atomic mass is 35.5. The van der Waals surface area contributed by atoms with Crippen LogP contribution in [0.3, 0.4) is 0 Å². The van der Waals surface area contributed by atoms with E-state index in [-0.39, 0.29) is 35.5 Å². The zero-order valence-corrected chi connectivity index (χ0v) is 28.6. The smallest absolute Gasteiger partial charge is 0.264 e. The molecule has 0 bridgehead atoms. The van der Waals surface area contributed by atoms with Gasteiger partial charge in [0.2, 0.25) is 11.8 Å². The van der Waals surface area contributed by atoms with Crippen molar-refractivity contribution in [1.82, 2.24) is 10.2 Å². The molecule has 242 valence electrons. The van der Waals surface area contributed by atoms with Crippen molar-refractivity contribution in [2.24, 2.45) is 0 Å². The summed E-state index contributed by atoms with van der Waals surface area (Å²) >= 11 is 6.47. The molecule has 0 aliphatic rings. The van der Waals surface area contributed by atoms with Crippen molar-refractivity contribution in [2.75, 3.05) is 10.8 Å². The molecule has 0 aliphatic carbocycles. The molecule has 4 aromatic carbocycles. The average molecular weight is 660 g/mol. The number of carbonyl (C=O) groups is 2. The summed E-state index contributed by atoms with van der Waals surface area (Å²) < 4.78 is 29.5. The Kier molecular flexibility index (Phi) is 11.7. The molecule has 4 aromatic rings. The number of carbonyl (C=O) groups excluding carboxylic acids is 2. The summed E-state index contributed by atoms with van der Waals surface area (Å²) in [6.07, 6.45) is 0.967. The summed E-state index contributed by atoms with van der Waals surface area (Å²) in [6.45, 7) is 9.14. The normalized spacial score (nSPS) is 12.7. The Balaban J connectivity index is 1.82. The van der Waals surface area contributed by atoms with Crippen LogP contribution >= 0.6 is 11.6 Å². The Morgan fingerprint density at radius 1 is 0.826 bits per heavy atom. The third-order valence-corrected chi connectivity index (χ3v) is 10.3. The zero-order chi connectivity index (χ0) is 33.4. The zero-order valence-electron chi connectivity index (χ0n) is 27.0. The minimum absolute atomic E-state index is 0.0445. The second kappa shape index (κ2) is 15.4. The van der Waals surface area contributed by atoms with Gasteiger partial charge in [-0.15, -0.1) is 0 Å². The SMILES string of the molecule is CCC(C)NC(=O)C(Cc1ccccc1)N(Cc1ccc(C)cc1)C(=O)CN(c1ccc(C)c(Cl)c1)S(=O)(=O)c1ccc(C)cc1. The number of anilines is 1. The van der Waals surface area contributed by atoms with E-state index in [2.05, 4.69) is 5.32 Å². The molecule has 0 aliphatic heterocycles. The Morgan fingerprint density at radius 3 is 2.02 bits per heavy atom. The van der Waals surface area contributed by atoms with Crippen molar-refractivity contribution in [3.05, 3.63) is 130 Å². The molecule has 0 aromatic heterocycles. The summed E-state index contributed by atoms with van der Waals surface area (Å²) in [5, 5.41) is 3.43. The van der Waals surface area contributed by atoms with Gasteiger partial charge in [0.1, 0.15) is 12.6 Å². The van der Waals surface area contributed by atoms with E-state index >= 15 is 0 Å². The average Bonchev–Trinajstić information content (AvgIpc) is 3.04. The van der Waals surface area contributed by atoms with Crippen LogP contribution in [0, 0.1) is 20.8 Å². The number of rotatable bonds is 13. The van der Waals surface area contributed by atoms with Gasteiger partial charge in [-0.1, -0.05) is 102 Å². The van der Waals surface area contributed by atoms with Crippen LogP contribution in [-0.2, 0) is 32.6 Å². The summed E-state index contributed by atoms with van der Waals surface area (Å²) in [4.78, 5) is 30.1. The highest BCUT2D eigenvalue weighted by molar-refractivity contribution is 7.92. The van der Waals surface area contributed by atoms with E-state index in [1.807, 2.05) is 89.2 Å². The predicted molar refractivity (Wildman–Crippen MR) is 185 cm³/mol. The van der Waals surface area contributed by atoms with Gasteiger partial charge in [0.25, 0.3) is 10.0 Å². The summed E-state index contributed by atoms with van der Waals surface area (Å²) in [5.41, 5.74) is 4.69. The number of nitrogens with one attached hydrogen (secondary N) is 1. The van der Waals surface area contributed by atoms with E-state index in [1.165, 1.54) is 17.0 Å². The number of halogens is 1. The third kappa shape index (κ3) is 8.77. The number of hydrogen-bond acceptors (Lipinski definition) is 4. The molecule has 0 fully saturated rings. The second-order valence-corrected chi connectivity index (χ2v) is 14.1. The largest absolute Gasteiger partial charge is 0.352 e. The minimum Gasteiger partial charge on any atom is -0.352 e. The molecule has 0 saturated carbocycles. The van der Waals surface area contributed by atoms with Crippen molar-refractivity contribution in [3.63, 3.8) is 0 Å². The fourth-order valence-corrected chi connectivity index (χ4v) is 6.57. The molecule has 2 unspecified atom stereocenters. The fourth-order valence-electron chi connectivity index (χ4n) is 4.99. The topological polar surface area (TPSA) is 86.8 Å². The number of hydrogen-bond donors (Lipinski definition) is 1. The van der Waals surface area contributed by atoms with Crippen LogP contribution in [-0.4, -0.2) is 43.8 Å². The van der Waals surface area contributed by atoms with Gasteiger partial charge in [-0.05, 0) is 75.1 Å². The van der Waals surface area contributed by atoms with Gasteiger partial charge in [0.15, 0.2) is 0 Å². The maximum atomic E-state index is 14.6. The number of benzene rings is 4. The van der Waals surface area contributed by atoms with Crippen LogP contribution in [0.2, 0.25) is 5.02 Å². The molecular formula is C37H42ClN3O4S. The molecule has 2 atom stereocenters. The van der Waals surface area contributed by atoms with Crippen LogP contribution in [0.25, 0.3) is 0 Å². The van der Waals surface area contributed by atoms with Gasteiger partial charge in [-0.25, -0.2) is 8.42 Å². The first kappa shape index (κ1) is 34.7. The fraction of sp³-hybridized carbons (Fsp3) is 0.297. The lowest BCUT2D eigenvalue weighted by Gasteiger charge is -2.34. The van der Waals surface area contributed by atoms with Gasteiger partial charge in [0, 0.05) is 24.0 Å². The van der Waals surface area contributed by atoms with Gasteiger partial charge in [-0.3, -0.25) is 13.9 Å². The molecule has 4 rings (SSSR count). The van der Waals surface area contributed by atoms with E-state index in [0.717, 1.165) is 32.1 Å². The molecule has 46 heavy (non-hydrogen) atoms. The second-order valence-electron chi connectivity index (χ2n) is 11.8. The van der Waals surface area contributed by atoms with E-state index in [0.29, 0.717) is 11.4 Å². The van der Waals surface area contributed by atoms with Crippen LogP contribution < -0.4 is 9.62 Å². The molecule has 1 N–H and O–H groups in total. The van der Waals surface area contributed by atoms with E-state index in [1.54, 1.807) is 30.3 Å². The summed E-state index contributed by atoms with van der Waals surface area (Å²) in [6, 6.07) is 27.6. The lowest BCUT2D eigenvalue weighted by Crippen LogP contribution is -2.54. The molecule has 9 heteroatoms. The number of aryl methyl sites for hydroxylation is 3. The maximum absolute atomic E-state index is 14.6. The lowest BCUT2D eigenvalue weighted by molar-refractivity contribution is -0.140. The molecule has 0 heterocycles. The number of amides is 2. The van der Waals surface area contributed by atoms with Crippen molar-refractivity contribution in [3.8, 4) is 0 Å². The van der Waals surface area contributed by atoms with Crippen LogP contribution in [0.1, 0.15) is 48.1 Å². The monoisotopic (exact) mass is 659 g/mol. The van der Waals surface area contributed by atoms with Crippen molar-refractivity contribution < 1.29 is 18.0 Å². The Morgan fingerprint density at radius 2 is 1.43 bits per heavy atom. The van der Waals surface area contributed by atoms with E-state index in [4.69, 9.17) is 11.6 Å². The van der Waals surface area contributed by atoms with Gasteiger partial charge in [-0.2, -0.15) is 0 Å². The molecule has 0 radical (unpaired) electrons. The maximum Gasteiger partial charge on any atom is 0.264 e. The first-order valence-corrected chi connectivity index (χ1v) is 17.3. The Bertz CT molecular complexity index is 1740. The van der Waals surface area contributed by atoms with Gasteiger partial charge in [0.05, 0.1) is 10.6 Å². The lowest BCUT2D eigenvalue weighted by atomic mass is 10.0. The predicted octanol–water partition coefficient (Wildman–Crippen LogP) is 7.02. The Hall–Kier alpha value is -4.14. The van der Waals surface area contributed by atoms with Crippen LogP contribution in [0.4, 0.5) is 5.69 Å².